The molecule has 0 heterocycles. The molecule has 0 saturated carbocycles. The lowest BCUT2D eigenvalue weighted by Crippen LogP contribution is -2.03. The van der Waals surface area contributed by atoms with Crippen LogP contribution < -0.4 is 4.74 Å². The van der Waals surface area contributed by atoms with Crippen molar-refractivity contribution in [2.45, 2.75) is 25.3 Å². The SMILES string of the molecule is Cc1cc(C)c(OCc2cccc(F)c2)c(S(=O)(=O)Cl)c1. The first-order valence-corrected chi connectivity index (χ1v) is 8.51. The Balaban J connectivity index is 2.36. The summed E-state index contributed by atoms with van der Waals surface area (Å²) >= 11 is 0. The van der Waals surface area contributed by atoms with Gasteiger partial charge in [0.15, 0.2) is 0 Å². The summed E-state index contributed by atoms with van der Waals surface area (Å²) in [5, 5.41) is 0. The van der Waals surface area contributed by atoms with E-state index in [1.165, 1.54) is 18.2 Å². The van der Waals surface area contributed by atoms with E-state index in [9.17, 15) is 12.8 Å². The summed E-state index contributed by atoms with van der Waals surface area (Å²) in [7, 11) is 1.53. The second-order valence-electron chi connectivity index (χ2n) is 4.77. The van der Waals surface area contributed by atoms with E-state index >= 15 is 0 Å². The molecule has 0 aliphatic heterocycles. The van der Waals surface area contributed by atoms with Gasteiger partial charge in [-0.1, -0.05) is 18.2 Å². The third-order valence-corrected chi connectivity index (χ3v) is 4.25. The highest BCUT2D eigenvalue weighted by molar-refractivity contribution is 8.13. The normalized spacial score (nSPS) is 11.4. The van der Waals surface area contributed by atoms with Gasteiger partial charge in [0, 0.05) is 10.7 Å². The first-order chi connectivity index (χ1) is 9.77. The fourth-order valence-corrected chi connectivity index (χ4v) is 3.18. The zero-order valence-corrected chi connectivity index (χ0v) is 13.1. The van der Waals surface area contributed by atoms with Crippen molar-refractivity contribution in [1.82, 2.24) is 0 Å². The highest BCUT2D eigenvalue weighted by atomic mass is 35.7. The van der Waals surface area contributed by atoms with Gasteiger partial charge in [0.2, 0.25) is 0 Å². The molecule has 6 heteroatoms. The maximum Gasteiger partial charge on any atom is 0.265 e. The van der Waals surface area contributed by atoms with Crippen molar-refractivity contribution in [3.8, 4) is 5.75 Å². The molecule has 0 unspecified atom stereocenters. The topological polar surface area (TPSA) is 43.4 Å². The van der Waals surface area contributed by atoms with Gasteiger partial charge in [-0.2, -0.15) is 0 Å². The molecule has 0 fully saturated rings. The number of hydrogen-bond donors (Lipinski definition) is 0. The molecule has 2 rings (SSSR count). The highest BCUT2D eigenvalue weighted by Gasteiger charge is 2.19. The minimum Gasteiger partial charge on any atom is -0.487 e. The van der Waals surface area contributed by atoms with Crippen LogP contribution in [0, 0.1) is 19.7 Å². The van der Waals surface area contributed by atoms with E-state index in [2.05, 4.69) is 0 Å². The van der Waals surface area contributed by atoms with Crippen molar-refractivity contribution in [2.75, 3.05) is 0 Å². The third-order valence-electron chi connectivity index (χ3n) is 2.92. The molecule has 0 spiro atoms. The summed E-state index contributed by atoms with van der Waals surface area (Å²) in [4.78, 5) is -0.0712. The summed E-state index contributed by atoms with van der Waals surface area (Å²) in [6.07, 6.45) is 0. The predicted octanol–water partition coefficient (Wildman–Crippen LogP) is 3.95. The van der Waals surface area contributed by atoms with Crippen LogP contribution in [0.25, 0.3) is 0 Å². The van der Waals surface area contributed by atoms with Gasteiger partial charge in [-0.25, -0.2) is 12.8 Å². The molecule has 0 amide bonds. The van der Waals surface area contributed by atoms with E-state index in [1.54, 1.807) is 32.0 Å². The van der Waals surface area contributed by atoms with E-state index in [0.29, 0.717) is 11.1 Å². The van der Waals surface area contributed by atoms with Crippen LogP contribution in [0.3, 0.4) is 0 Å². The van der Waals surface area contributed by atoms with E-state index in [0.717, 1.165) is 5.56 Å². The van der Waals surface area contributed by atoms with Crippen LogP contribution >= 0.6 is 10.7 Å². The molecule has 0 bridgehead atoms. The van der Waals surface area contributed by atoms with E-state index in [1.807, 2.05) is 0 Å². The summed E-state index contributed by atoms with van der Waals surface area (Å²) < 4.78 is 42.0. The molecule has 0 N–H and O–H groups in total. The van der Waals surface area contributed by atoms with Gasteiger partial charge in [-0.15, -0.1) is 0 Å². The van der Waals surface area contributed by atoms with Crippen molar-refractivity contribution in [1.29, 1.82) is 0 Å². The fraction of sp³-hybridized carbons (Fsp3) is 0.200. The Kier molecular flexibility index (Phi) is 4.54. The quantitative estimate of drug-likeness (QED) is 0.798. The van der Waals surface area contributed by atoms with Gasteiger partial charge in [-0.05, 0) is 48.7 Å². The predicted molar refractivity (Wildman–Crippen MR) is 79.7 cm³/mol. The zero-order valence-electron chi connectivity index (χ0n) is 11.6. The number of ether oxygens (including phenoxy) is 1. The Morgan fingerprint density at radius 3 is 2.52 bits per heavy atom. The zero-order chi connectivity index (χ0) is 15.6. The van der Waals surface area contributed by atoms with Crippen LogP contribution in [-0.2, 0) is 15.7 Å². The summed E-state index contributed by atoms with van der Waals surface area (Å²) in [6.45, 7) is 3.56. The lowest BCUT2D eigenvalue weighted by atomic mass is 10.1. The minimum atomic E-state index is -3.92. The van der Waals surface area contributed by atoms with E-state index in [4.69, 9.17) is 15.4 Å². The van der Waals surface area contributed by atoms with Gasteiger partial charge in [0.1, 0.15) is 23.1 Å². The minimum absolute atomic E-state index is 0.0566. The van der Waals surface area contributed by atoms with Crippen molar-refractivity contribution >= 4 is 19.7 Å². The Labute approximate surface area is 127 Å². The summed E-state index contributed by atoms with van der Waals surface area (Å²) in [5.41, 5.74) is 2.03. The Bertz CT molecular complexity index is 772. The van der Waals surface area contributed by atoms with Gasteiger partial charge in [-0.3, -0.25) is 0 Å². The Hall–Kier alpha value is -1.59. The fourth-order valence-electron chi connectivity index (χ4n) is 2.06. The summed E-state index contributed by atoms with van der Waals surface area (Å²) in [5.74, 6) is -0.179. The number of hydrogen-bond acceptors (Lipinski definition) is 3. The Morgan fingerprint density at radius 1 is 1.19 bits per heavy atom. The molecule has 0 saturated heterocycles. The van der Waals surface area contributed by atoms with Crippen LogP contribution in [0.4, 0.5) is 4.39 Å². The van der Waals surface area contributed by atoms with Crippen LogP contribution in [-0.4, -0.2) is 8.42 Å². The van der Waals surface area contributed by atoms with Gasteiger partial charge >= 0.3 is 0 Å². The van der Waals surface area contributed by atoms with Crippen molar-refractivity contribution in [3.05, 3.63) is 58.9 Å². The standard InChI is InChI=1S/C15H14ClFO3S/c1-10-6-11(2)15(14(7-10)21(16,18)19)20-9-12-4-3-5-13(17)8-12/h3-8H,9H2,1-2H3. The molecule has 2 aromatic carbocycles. The van der Waals surface area contributed by atoms with Crippen molar-refractivity contribution in [3.63, 3.8) is 0 Å². The van der Waals surface area contributed by atoms with Crippen LogP contribution in [0.15, 0.2) is 41.3 Å². The molecule has 2 aromatic rings. The average molecular weight is 329 g/mol. The first kappa shape index (κ1) is 15.8. The molecular formula is C15H14ClFO3S. The molecule has 112 valence electrons. The maximum atomic E-state index is 13.1. The first-order valence-electron chi connectivity index (χ1n) is 6.20. The Morgan fingerprint density at radius 2 is 1.90 bits per heavy atom. The van der Waals surface area contributed by atoms with Crippen LogP contribution in [0.5, 0.6) is 5.75 Å². The lowest BCUT2D eigenvalue weighted by Gasteiger charge is -2.13. The maximum absolute atomic E-state index is 13.1. The average Bonchev–Trinajstić information content (AvgIpc) is 2.36. The van der Waals surface area contributed by atoms with E-state index in [-0.39, 0.29) is 23.1 Å². The second-order valence-corrected chi connectivity index (χ2v) is 7.30. The van der Waals surface area contributed by atoms with Crippen molar-refractivity contribution < 1.29 is 17.5 Å². The molecule has 0 aliphatic rings. The molecular weight excluding hydrogens is 315 g/mol. The molecule has 0 radical (unpaired) electrons. The molecule has 0 aromatic heterocycles. The van der Waals surface area contributed by atoms with E-state index < -0.39 is 9.05 Å². The summed E-state index contributed by atoms with van der Waals surface area (Å²) in [6, 6.07) is 9.17. The molecule has 21 heavy (non-hydrogen) atoms. The molecule has 0 aliphatic carbocycles. The second kappa shape index (κ2) is 6.03. The number of benzene rings is 2. The molecule has 0 atom stereocenters. The number of halogens is 2. The largest absolute Gasteiger partial charge is 0.487 e. The number of aryl methyl sites for hydroxylation is 2. The number of rotatable bonds is 4. The van der Waals surface area contributed by atoms with Gasteiger partial charge in [0.25, 0.3) is 9.05 Å². The van der Waals surface area contributed by atoms with Gasteiger partial charge in [0.05, 0.1) is 0 Å². The monoisotopic (exact) mass is 328 g/mol. The highest BCUT2D eigenvalue weighted by Crippen LogP contribution is 2.32. The van der Waals surface area contributed by atoms with Crippen LogP contribution in [0.2, 0.25) is 0 Å². The third kappa shape index (κ3) is 3.95. The van der Waals surface area contributed by atoms with Crippen LogP contribution in [0.1, 0.15) is 16.7 Å². The smallest absolute Gasteiger partial charge is 0.265 e. The van der Waals surface area contributed by atoms with Gasteiger partial charge < -0.3 is 4.74 Å². The van der Waals surface area contributed by atoms with Crippen molar-refractivity contribution in [2.24, 2.45) is 0 Å². The molecule has 3 nitrogen and oxygen atoms in total. The lowest BCUT2D eigenvalue weighted by molar-refractivity contribution is 0.295.